The van der Waals surface area contributed by atoms with Crippen LogP contribution in [-0.4, -0.2) is 59.9 Å². The highest BCUT2D eigenvalue weighted by Gasteiger charge is 2.40. The second-order valence-corrected chi connectivity index (χ2v) is 8.14. The molecule has 1 fully saturated rings. The van der Waals surface area contributed by atoms with Crippen molar-refractivity contribution >= 4 is 39.5 Å². The van der Waals surface area contributed by atoms with Gasteiger partial charge in [-0.15, -0.1) is 6.58 Å². The molecule has 1 saturated heterocycles. The minimum absolute atomic E-state index is 0.112. The van der Waals surface area contributed by atoms with Crippen molar-refractivity contribution in [2.45, 2.75) is 26.3 Å². The van der Waals surface area contributed by atoms with Crippen LogP contribution in [0.3, 0.4) is 0 Å². The number of hydrogen-bond donors (Lipinski definition) is 1. The Hall–Kier alpha value is -2.35. The van der Waals surface area contributed by atoms with Gasteiger partial charge in [-0.1, -0.05) is 32.1 Å². The number of hydrogen-bond acceptors (Lipinski definition) is 3. The summed E-state index contributed by atoms with van der Waals surface area (Å²) in [5, 5.41) is 0. The lowest BCUT2D eigenvalue weighted by Gasteiger charge is -2.28. The molecule has 0 aromatic heterocycles. The summed E-state index contributed by atoms with van der Waals surface area (Å²) in [5.74, 6) is -0.541. The van der Waals surface area contributed by atoms with Gasteiger partial charge in [-0.05, 0) is 34.0 Å². The third-order valence-corrected chi connectivity index (χ3v) is 5.10. The Morgan fingerprint density at radius 2 is 2.07 bits per heavy atom. The molecule has 2 N–H and O–H groups in total. The molecule has 0 aliphatic carbocycles. The third-order valence-electron chi connectivity index (χ3n) is 4.43. The minimum Gasteiger partial charge on any atom is -0.368 e. The number of primary amides is 1. The third kappa shape index (κ3) is 5.34. The van der Waals surface area contributed by atoms with Crippen molar-refractivity contribution in [3.63, 3.8) is 0 Å². The van der Waals surface area contributed by atoms with Crippen molar-refractivity contribution in [3.8, 4) is 0 Å². The van der Waals surface area contributed by atoms with Gasteiger partial charge in [-0.3, -0.25) is 14.5 Å². The highest BCUT2D eigenvalue weighted by atomic mass is 79.9. The number of amides is 4. The van der Waals surface area contributed by atoms with Crippen molar-refractivity contribution in [1.29, 1.82) is 0 Å². The molecular formula is C20H27BrN4O3. The van der Waals surface area contributed by atoms with Crippen LogP contribution in [0, 0.1) is 5.92 Å². The molecule has 1 heterocycles. The number of carbonyl (C=O) groups is 3. The number of para-hydroxylation sites is 1. The number of nitrogens with zero attached hydrogens (tertiary/aromatic N) is 3. The Bertz CT molecular complexity index is 753. The molecule has 7 nitrogen and oxygen atoms in total. The maximum atomic E-state index is 12.9. The molecule has 0 radical (unpaired) electrons. The van der Waals surface area contributed by atoms with Gasteiger partial charge < -0.3 is 15.5 Å². The van der Waals surface area contributed by atoms with E-state index in [-0.39, 0.29) is 36.9 Å². The molecular weight excluding hydrogens is 424 g/mol. The predicted octanol–water partition coefficient (Wildman–Crippen LogP) is 2.61. The predicted molar refractivity (Wildman–Crippen MR) is 113 cm³/mol. The summed E-state index contributed by atoms with van der Waals surface area (Å²) in [7, 11) is 0. The molecule has 1 aliphatic heterocycles. The fourth-order valence-electron chi connectivity index (χ4n) is 3.35. The SMILES string of the molecule is C=CCN1CC(CC(=O)N(CC(N)=O)CC(C)C)N(c2ccccc2Br)C1=O. The quantitative estimate of drug-likeness (QED) is 0.586. The average Bonchev–Trinajstić information content (AvgIpc) is 2.90. The van der Waals surface area contributed by atoms with E-state index in [1.807, 2.05) is 38.1 Å². The molecule has 1 aromatic rings. The van der Waals surface area contributed by atoms with Crippen LogP contribution in [0.2, 0.25) is 0 Å². The summed E-state index contributed by atoms with van der Waals surface area (Å²) in [5.41, 5.74) is 6.02. The number of carbonyl (C=O) groups excluding carboxylic acids is 3. The van der Waals surface area contributed by atoms with Gasteiger partial charge >= 0.3 is 6.03 Å². The van der Waals surface area contributed by atoms with Crippen molar-refractivity contribution in [3.05, 3.63) is 41.4 Å². The number of urea groups is 1. The van der Waals surface area contributed by atoms with E-state index in [2.05, 4.69) is 22.5 Å². The van der Waals surface area contributed by atoms with Crippen LogP contribution in [0.1, 0.15) is 20.3 Å². The van der Waals surface area contributed by atoms with E-state index in [1.165, 1.54) is 4.90 Å². The van der Waals surface area contributed by atoms with Crippen LogP contribution in [0.5, 0.6) is 0 Å². The Morgan fingerprint density at radius 3 is 2.64 bits per heavy atom. The molecule has 8 heteroatoms. The molecule has 0 saturated carbocycles. The van der Waals surface area contributed by atoms with Crippen LogP contribution in [-0.2, 0) is 9.59 Å². The Balaban J connectivity index is 2.27. The normalized spacial score (nSPS) is 16.6. The average molecular weight is 451 g/mol. The molecule has 28 heavy (non-hydrogen) atoms. The highest BCUT2D eigenvalue weighted by molar-refractivity contribution is 9.10. The van der Waals surface area contributed by atoms with Gasteiger partial charge in [0.25, 0.3) is 0 Å². The van der Waals surface area contributed by atoms with Gasteiger partial charge in [0.15, 0.2) is 0 Å². The Kier molecular flexibility index (Phi) is 7.62. The van der Waals surface area contributed by atoms with Crippen LogP contribution in [0.25, 0.3) is 0 Å². The summed E-state index contributed by atoms with van der Waals surface area (Å²) in [6.45, 7) is 8.78. The lowest BCUT2D eigenvalue weighted by molar-refractivity contribution is -0.135. The molecule has 1 aliphatic rings. The van der Waals surface area contributed by atoms with Crippen molar-refractivity contribution in [1.82, 2.24) is 9.80 Å². The largest absolute Gasteiger partial charge is 0.368 e. The summed E-state index contributed by atoms with van der Waals surface area (Å²) in [4.78, 5) is 42.1. The highest BCUT2D eigenvalue weighted by Crippen LogP contribution is 2.32. The first-order valence-corrected chi connectivity index (χ1v) is 10.0. The lowest BCUT2D eigenvalue weighted by Crippen LogP contribution is -2.44. The first-order chi connectivity index (χ1) is 13.2. The van der Waals surface area contributed by atoms with E-state index in [0.717, 1.165) is 4.47 Å². The molecule has 1 unspecified atom stereocenters. The first kappa shape index (κ1) is 21.9. The molecule has 1 aromatic carbocycles. The zero-order chi connectivity index (χ0) is 20.8. The second-order valence-electron chi connectivity index (χ2n) is 7.29. The number of anilines is 1. The summed E-state index contributed by atoms with van der Waals surface area (Å²) < 4.78 is 0.775. The van der Waals surface area contributed by atoms with Gasteiger partial charge in [-0.2, -0.15) is 0 Å². The maximum absolute atomic E-state index is 12.9. The summed E-state index contributed by atoms with van der Waals surface area (Å²) in [6, 6.07) is 6.89. The van der Waals surface area contributed by atoms with Crippen LogP contribution in [0.4, 0.5) is 10.5 Å². The fraction of sp³-hybridized carbons (Fsp3) is 0.450. The van der Waals surface area contributed by atoms with Crippen LogP contribution < -0.4 is 10.6 Å². The molecule has 0 bridgehead atoms. The lowest BCUT2D eigenvalue weighted by atomic mass is 10.1. The summed E-state index contributed by atoms with van der Waals surface area (Å²) >= 11 is 3.49. The van der Waals surface area contributed by atoms with Crippen LogP contribution in [0.15, 0.2) is 41.4 Å². The molecule has 0 spiro atoms. The van der Waals surface area contributed by atoms with E-state index in [0.29, 0.717) is 25.3 Å². The fourth-order valence-corrected chi connectivity index (χ4v) is 3.82. The standard InChI is InChI=1S/C20H27BrN4O3/c1-4-9-23-12-15(10-19(27)24(11-14(2)3)13-18(22)26)25(20(23)28)17-8-6-5-7-16(17)21/h4-8,14-15H,1,9-13H2,2-3H3,(H2,22,26). The van der Waals surface area contributed by atoms with Gasteiger partial charge in [0.05, 0.1) is 18.3 Å². The van der Waals surface area contributed by atoms with Crippen molar-refractivity contribution in [2.24, 2.45) is 11.7 Å². The van der Waals surface area contributed by atoms with Gasteiger partial charge in [-0.25, -0.2) is 4.79 Å². The van der Waals surface area contributed by atoms with E-state index < -0.39 is 5.91 Å². The minimum atomic E-state index is -0.549. The first-order valence-electron chi connectivity index (χ1n) is 9.24. The Labute approximate surface area is 174 Å². The number of rotatable bonds is 9. The zero-order valence-electron chi connectivity index (χ0n) is 16.3. The number of benzene rings is 1. The topological polar surface area (TPSA) is 87.0 Å². The monoisotopic (exact) mass is 450 g/mol. The second kappa shape index (κ2) is 9.73. The number of halogens is 1. The molecule has 1 atom stereocenters. The maximum Gasteiger partial charge on any atom is 0.325 e. The zero-order valence-corrected chi connectivity index (χ0v) is 17.9. The van der Waals surface area contributed by atoms with E-state index in [4.69, 9.17) is 5.73 Å². The van der Waals surface area contributed by atoms with Gasteiger partial charge in [0.2, 0.25) is 11.8 Å². The van der Waals surface area contributed by atoms with Crippen molar-refractivity contribution < 1.29 is 14.4 Å². The van der Waals surface area contributed by atoms with E-state index >= 15 is 0 Å². The molecule has 2 rings (SSSR count). The Morgan fingerprint density at radius 1 is 1.39 bits per heavy atom. The van der Waals surface area contributed by atoms with Gasteiger partial charge in [0.1, 0.15) is 0 Å². The summed E-state index contributed by atoms with van der Waals surface area (Å²) in [6.07, 6.45) is 1.78. The van der Waals surface area contributed by atoms with Crippen LogP contribution >= 0.6 is 15.9 Å². The molecule has 4 amide bonds. The molecule has 152 valence electrons. The van der Waals surface area contributed by atoms with Gasteiger partial charge in [0, 0.05) is 30.5 Å². The van der Waals surface area contributed by atoms with E-state index in [9.17, 15) is 14.4 Å². The van der Waals surface area contributed by atoms with E-state index in [1.54, 1.807) is 15.9 Å². The van der Waals surface area contributed by atoms with Crippen molar-refractivity contribution in [2.75, 3.05) is 31.1 Å². The number of nitrogens with two attached hydrogens (primary N) is 1. The smallest absolute Gasteiger partial charge is 0.325 e.